The number of nitrogens with one attached hydrogen (secondary N) is 2. The quantitative estimate of drug-likeness (QED) is 0.414. The molecule has 0 bridgehead atoms. The maximum atomic E-state index is 13.9. The van der Waals surface area contributed by atoms with E-state index >= 15 is 0 Å². The van der Waals surface area contributed by atoms with Gasteiger partial charge in [-0.25, -0.2) is 4.68 Å². The Morgan fingerprint density at radius 2 is 1.92 bits per heavy atom. The van der Waals surface area contributed by atoms with Crippen LogP contribution in [0.15, 0.2) is 53.7 Å². The predicted octanol–water partition coefficient (Wildman–Crippen LogP) is 3.68. The van der Waals surface area contributed by atoms with Gasteiger partial charge in [0.2, 0.25) is 5.95 Å². The number of carbonyl (C=O) groups is 1. The third-order valence-electron chi connectivity index (χ3n) is 8.46. The van der Waals surface area contributed by atoms with Crippen molar-refractivity contribution in [2.45, 2.75) is 38.1 Å². The summed E-state index contributed by atoms with van der Waals surface area (Å²) in [6, 6.07) is 14.3. The summed E-state index contributed by atoms with van der Waals surface area (Å²) >= 11 is 0. The number of aromatic nitrogens is 6. The number of H-pyrrole nitrogens is 1. The molecule has 4 aromatic rings. The van der Waals surface area contributed by atoms with Crippen molar-refractivity contribution in [2.75, 3.05) is 48.5 Å². The summed E-state index contributed by atoms with van der Waals surface area (Å²) in [5.74, 6) is 0.552. The summed E-state index contributed by atoms with van der Waals surface area (Å²) < 4.78 is 7.36. The molecule has 0 unspecified atom stereocenters. The lowest BCUT2D eigenvalue weighted by molar-refractivity contribution is -0.114. The molecule has 7 rings (SSSR count). The molecule has 1 saturated carbocycles. The minimum atomic E-state index is -0.523. The Balaban J connectivity index is 1.22. The van der Waals surface area contributed by atoms with Crippen molar-refractivity contribution >= 4 is 34.1 Å². The molecule has 11 heteroatoms. The lowest BCUT2D eigenvalue weighted by atomic mass is 9.84. The van der Waals surface area contributed by atoms with Crippen molar-refractivity contribution in [1.82, 2.24) is 30.4 Å². The largest absolute Gasteiger partial charge is 0.378 e. The molecule has 11 nitrogen and oxygen atoms in total. The molecule has 2 aromatic carbocycles. The Morgan fingerprint density at radius 3 is 2.74 bits per heavy atom. The number of nitrogens with zero attached hydrogens (tertiary/aromatic N) is 7. The smallest absolute Gasteiger partial charge is 0.255 e. The van der Waals surface area contributed by atoms with E-state index in [9.17, 15) is 4.79 Å². The topological polar surface area (TPSA) is 117 Å². The van der Waals surface area contributed by atoms with Crippen molar-refractivity contribution in [2.24, 2.45) is 0 Å². The van der Waals surface area contributed by atoms with Crippen molar-refractivity contribution in [3.63, 3.8) is 0 Å². The SMILES string of the molecule is CC1=C(C(=O)Nc2ccc3[nH]nc(-c4cccc(N5CCOCC5)c4)c3c2)C2(CCCC2)n2nnnc2N1C. The second-order valence-electron chi connectivity index (χ2n) is 10.6. The van der Waals surface area contributed by atoms with E-state index in [0.717, 1.165) is 96.8 Å². The van der Waals surface area contributed by atoms with Crippen LogP contribution < -0.4 is 15.1 Å². The van der Waals surface area contributed by atoms with Crippen LogP contribution in [0.2, 0.25) is 0 Å². The summed E-state index contributed by atoms with van der Waals surface area (Å²) in [7, 11) is 1.90. The van der Waals surface area contributed by atoms with E-state index < -0.39 is 5.54 Å². The fraction of sp³-hybridized carbons (Fsp3) is 0.393. The molecule has 200 valence electrons. The Kier molecular flexibility index (Phi) is 5.62. The summed E-state index contributed by atoms with van der Waals surface area (Å²) in [6.45, 7) is 5.20. The second-order valence-corrected chi connectivity index (χ2v) is 10.6. The normalized spacial score (nSPS) is 18.7. The first kappa shape index (κ1) is 23.8. The van der Waals surface area contributed by atoms with Crippen LogP contribution in [0.3, 0.4) is 0 Å². The van der Waals surface area contributed by atoms with Gasteiger partial charge in [0.05, 0.1) is 24.3 Å². The van der Waals surface area contributed by atoms with Gasteiger partial charge in [-0.1, -0.05) is 30.1 Å². The minimum absolute atomic E-state index is 0.124. The van der Waals surface area contributed by atoms with E-state index in [2.05, 4.69) is 60.2 Å². The fourth-order valence-electron chi connectivity index (χ4n) is 6.40. The molecule has 2 N–H and O–H groups in total. The first-order valence-corrected chi connectivity index (χ1v) is 13.5. The molecular weight excluding hydrogens is 494 g/mol. The number of amides is 1. The van der Waals surface area contributed by atoms with Crippen LogP contribution in [0, 0.1) is 0 Å². The Hall–Kier alpha value is -4.25. The van der Waals surface area contributed by atoms with Gasteiger partial charge >= 0.3 is 0 Å². The van der Waals surface area contributed by atoms with Gasteiger partial charge in [0.15, 0.2) is 0 Å². The lowest BCUT2D eigenvalue weighted by Crippen LogP contribution is -2.46. The van der Waals surface area contributed by atoms with Crippen LogP contribution in [0.1, 0.15) is 32.6 Å². The highest BCUT2D eigenvalue weighted by Gasteiger charge is 2.49. The summed E-state index contributed by atoms with van der Waals surface area (Å²) in [5, 5.41) is 24.4. The van der Waals surface area contributed by atoms with Gasteiger partial charge in [0, 0.05) is 48.2 Å². The van der Waals surface area contributed by atoms with Crippen LogP contribution in [0.4, 0.5) is 17.3 Å². The Bertz CT molecular complexity index is 1590. The molecule has 39 heavy (non-hydrogen) atoms. The van der Waals surface area contributed by atoms with E-state index in [-0.39, 0.29) is 5.91 Å². The van der Waals surface area contributed by atoms with Crippen molar-refractivity contribution in [3.8, 4) is 11.3 Å². The van der Waals surface area contributed by atoms with E-state index in [1.165, 1.54) is 0 Å². The number of fused-ring (bicyclic) bond motifs is 3. The van der Waals surface area contributed by atoms with Gasteiger partial charge in [-0.3, -0.25) is 9.89 Å². The van der Waals surface area contributed by atoms with E-state index in [1.807, 2.05) is 41.8 Å². The molecule has 1 aliphatic carbocycles. The molecule has 0 atom stereocenters. The van der Waals surface area contributed by atoms with Crippen LogP contribution in [0.25, 0.3) is 22.2 Å². The molecule has 0 radical (unpaired) electrons. The van der Waals surface area contributed by atoms with E-state index in [1.54, 1.807) is 0 Å². The van der Waals surface area contributed by atoms with Crippen LogP contribution in [-0.4, -0.2) is 69.7 Å². The van der Waals surface area contributed by atoms with Gasteiger partial charge in [0.25, 0.3) is 5.91 Å². The van der Waals surface area contributed by atoms with Crippen molar-refractivity contribution < 1.29 is 9.53 Å². The third kappa shape index (κ3) is 3.79. The molecule has 1 saturated heterocycles. The van der Waals surface area contributed by atoms with Gasteiger partial charge in [-0.05, 0) is 60.5 Å². The molecular formula is C28H31N9O2. The number of rotatable bonds is 4. The lowest BCUT2D eigenvalue weighted by Gasteiger charge is -2.39. The Labute approximate surface area is 225 Å². The highest BCUT2D eigenvalue weighted by Crippen LogP contribution is 2.48. The molecule has 2 aromatic heterocycles. The number of aromatic amines is 1. The summed E-state index contributed by atoms with van der Waals surface area (Å²) in [4.78, 5) is 18.2. The van der Waals surface area contributed by atoms with Crippen LogP contribution in [0.5, 0.6) is 0 Å². The average molecular weight is 526 g/mol. The van der Waals surface area contributed by atoms with Gasteiger partial charge < -0.3 is 19.9 Å². The zero-order valence-corrected chi connectivity index (χ0v) is 22.1. The van der Waals surface area contributed by atoms with Gasteiger partial charge in [-0.2, -0.15) is 5.10 Å². The highest BCUT2D eigenvalue weighted by molar-refractivity contribution is 6.07. The van der Waals surface area contributed by atoms with Gasteiger partial charge in [0.1, 0.15) is 11.2 Å². The monoisotopic (exact) mass is 525 g/mol. The predicted molar refractivity (Wildman–Crippen MR) is 149 cm³/mol. The number of allylic oxidation sites excluding steroid dienone is 1. The fourth-order valence-corrected chi connectivity index (χ4v) is 6.40. The zero-order chi connectivity index (χ0) is 26.6. The number of anilines is 3. The molecule has 1 spiro atoms. The molecule has 2 aliphatic heterocycles. The highest BCUT2D eigenvalue weighted by atomic mass is 16.5. The molecule has 4 heterocycles. The number of benzene rings is 2. The average Bonchev–Trinajstić information content (AvgIpc) is 3.73. The summed E-state index contributed by atoms with van der Waals surface area (Å²) in [5.41, 5.74) is 5.76. The summed E-state index contributed by atoms with van der Waals surface area (Å²) in [6.07, 6.45) is 3.73. The number of ether oxygens (including phenoxy) is 1. The maximum Gasteiger partial charge on any atom is 0.255 e. The first-order chi connectivity index (χ1) is 19.0. The number of hydrogen-bond acceptors (Lipinski definition) is 8. The third-order valence-corrected chi connectivity index (χ3v) is 8.46. The number of carbonyl (C=O) groups excluding carboxylic acids is 1. The molecule has 2 fully saturated rings. The first-order valence-electron chi connectivity index (χ1n) is 13.5. The molecule has 1 amide bonds. The van der Waals surface area contributed by atoms with Crippen LogP contribution in [-0.2, 0) is 15.1 Å². The van der Waals surface area contributed by atoms with Crippen LogP contribution >= 0.6 is 0 Å². The van der Waals surface area contributed by atoms with Gasteiger partial charge in [-0.15, -0.1) is 0 Å². The number of tetrazole rings is 1. The minimum Gasteiger partial charge on any atom is -0.378 e. The van der Waals surface area contributed by atoms with E-state index in [4.69, 9.17) is 4.74 Å². The standard InChI is InChI=1S/C28H31N9O2/c1-18-24(28(10-3-4-11-28)37-27(35(18)2)32-33-34-37)26(38)29-20-8-9-23-22(17-20)25(31-30-23)19-6-5-7-21(16-19)36-12-14-39-15-13-36/h5-9,16-17H,3-4,10-15H2,1-2H3,(H,29,38)(H,30,31). The maximum absolute atomic E-state index is 13.9. The zero-order valence-electron chi connectivity index (χ0n) is 22.1. The van der Waals surface area contributed by atoms with Crippen molar-refractivity contribution in [1.29, 1.82) is 0 Å². The number of morpholine rings is 1. The number of hydrogen-bond donors (Lipinski definition) is 2. The van der Waals surface area contributed by atoms with Crippen molar-refractivity contribution in [3.05, 3.63) is 53.7 Å². The molecule has 3 aliphatic rings. The second kappa shape index (κ2) is 9.19. The Morgan fingerprint density at radius 1 is 1.10 bits per heavy atom. The van der Waals surface area contributed by atoms with E-state index in [0.29, 0.717) is 5.95 Å².